The standard InChI is InChI=1S/C25H26N2O4/c1-29-20-11-7-10-19(15-20)26-25(28)27-13-12-18-14-22(30-2)23(31-3)16-21(18)24(27)17-8-5-4-6-9-17/h4-11,14-16,24H,12-13H2,1-3H3,(H,26,28)/t24-/m1/s1. The van der Waals surface area contributed by atoms with E-state index in [1.54, 1.807) is 27.4 Å². The first-order chi connectivity index (χ1) is 15.1. The van der Waals surface area contributed by atoms with Crippen LogP contribution in [0.15, 0.2) is 66.7 Å². The quantitative estimate of drug-likeness (QED) is 0.641. The molecule has 4 rings (SSSR count). The van der Waals surface area contributed by atoms with Gasteiger partial charge in [0, 0.05) is 18.3 Å². The van der Waals surface area contributed by atoms with Gasteiger partial charge in [-0.3, -0.25) is 0 Å². The Bertz CT molecular complexity index is 1070. The van der Waals surface area contributed by atoms with Crippen molar-refractivity contribution in [3.8, 4) is 17.2 Å². The highest BCUT2D eigenvalue weighted by Crippen LogP contribution is 2.41. The van der Waals surface area contributed by atoms with Gasteiger partial charge in [0.2, 0.25) is 0 Å². The van der Waals surface area contributed by atoms with E-state index in [1.165, 1.54) is 0 Å². The fourth-order valence-electron chi connectivity index (χ4n) is 4.06. The van der Waals surface area contributed by atoms with E-state index in [0.717, 1.165) is 23.1 Å². The van der Waals surface area contributed by atoms with Crippen LogP contribution in [0, 0.1) is 0 Å². The van der Waals surface area contributed by atoms with Gasteiger partial charge in [-0.05, 0) is 47.4 Å². The Morgan fingerprint density at radius 3 is 2.35 bits per heavy atom. The molecular formula is C25H26N2O4. The molecule has 0 aromatic heterocycles. The highest BCUT2D eigenvalue weighted by molar-refractivity contribution is 5.90. The lowest BCUT2D eigenvalue weighted by molar-refractivity contribution is 0.193. The summed E-state index contributed by atoms with van der Waals surface area (Å²) in [4.78, 5) is 15.2. The lowest BCUT2D eigenvalue weighted by Gasteiger charge is -2.38. The fourth-order valence-corrected chi connectivity index (χ4v) is 4.06. The Labute approximate surface area is 182 Å². The van der Waals surface area contributed by atoms with Gasteiger partial charge in [-0.15, -0.1) is 0 Å². The first-order valence-corrected chi connectivity index (χ1v) is 10.2. The third-order valence-electron chi connectivity index (χ3n) is 5.57. The van der Waals surface area contributed by atoms with Gasteiger partial charge in [0.1, 0.15) is 5.75 Å². The summed E-state index contributed by atoms with van der Waals surface area (Å²) >= 11 is 0. The number of fused-ring (bicyclic) bond motifs is 1. The second kappa shape index (κ2) is 9.00. The smallest absolute Gasteiger partial charge is 0.322 e. The molecule has 3 aromatic rings. The van der Waals surface area contributed by atoms with E-state index in [1.807, 2.05) is 65.6 Å². The molecule has 1 aliphatic heterocycles. The predicted octanol–water partition coefficient (Wildman–Crippen LogP) is 4.89. The van der Waals surface area contributed by atoms with E-state index < -0.39 is 0 Å². The summed E-state index contributed by atoms with van der Waals surface area (Å²) < 4.78 is 16.3. The Hall–Kier alpha value is -3.67. The number of amides is 2. The molecule has 0 unspecified atom stereocenters. The molecule has 0 bridgehead atoms. The van der Waals surface area contributed by atoms with Crippen molar-refractivity contribution in [3.05, 3.63) is 83.4 Å². The second-order valence-corrected chi connectivity index (χ2v) is 7.32. The maximum Gasteiger partial charge on any atom is 0.322 e. The van der Waals surface area contributed by atoms with Gasteiger partial charge in [0.05, 0.1) is 27.4 Å². The predicted molar refractivity (Wildman–Crippen MR) is 120 cm³/mol. The summed E-state index contributed by atoms with van der Waals surface area (Å²) in [5, 5.41) is 3.02. The van der Waals surface area contributed by atoms with E-state index in [4.69, 9.17) is 14.2 Å². The van der Waals surface area contributed by atoms with Crippen LogP contribution in [0.1, 0.15) is 22.7 Å². The van der Waals surface area contributed by atoms with E-state index in [0.29, 0.717) is 29.5 Å². The third kappa shape index (κ3) is 4.14. The minimum absolute atomic E-state index is 0.164. The van der Waals surface area contributed by atoms with Gasteiger partial charge >= 0.3 is 6.03 Å². The molecule has 1 heterocycles. The molecule has 1 N–H and O–H groups in total. The number of benzene rings is 3. The number of hydrogen-bond donors (Lipinski definition) is 1. The van der Waals surface area contributed by atoms with Crippen molar-refractivity contribution >= 4 is 11.7 Å². The summed E-state index contributed by atoms with van der Waals surface area (Å²) in [7, 11) is 4.86. The zero-order valence-electron chi connectivity index (χ0n) is 17.9. The molecule has 6 nitrogen and oxygen atoms in total. The molecule has 0 saturated heterocycles. The summed E-state index contributed by atoms with van der Waals surface area (Å²) in [6.45, 7) is 0.581. The van der Waals surface area contributed by atoms with Gasteiger partial charge in [-0.1, -0.05) is 36.4 Å². The lowest BCUT2D eigenvalue weighted by atomic mass is 9.88. The largest absolute Gasteiger partial charge is 0.497 e. The maximum atomic E-state index is 13.4. The zero-order valence-corrected chi connectivity index (χ0v) is 17.9. The van der Waals surface area contributed by atoms with Crippen LogP contribution in [0.5, 0.6) is 17.2 Å². The number of anilines is 1. The highest BCUT2D eigenvalue weighted by Gasteiger charge is 2.33. The Balaban J connectivity index is 1.73. The molecule has 1 aliphatic rings. The molecule has 31 heavy (non-hydrogen) atoms. The van der Waals surface area contributed by atoms with E-state index in [9.17, 15) is 4.79 Å². The average Bonchev–Trinajstić information content (AvgIpc) is 2.82. The second-order valence-electron chi connectivity index (χ2n) is 7.32. The van der Waals surface area contributed by atoms with Crippen molar-refractivity contribution < 1.29 is 19.0 Å². The number of carbonyl (C=O) groups is 1. The first kappa shape index (κ1) is 20.6. The van der Waals surface area contributed by atoms with Crippen molar-refractivity contribution in [3.63, 3.8) is 0 Å². The molecule has 0 aliphatic carbocycles. The van der Waals surface area contributed by atoms with Gasteiger partial charge in [0.15, 0.2) is 11.5 Å². The monoisotopic (exact) mass is 418 g/mol. The van der Waals surface area contributed by atoms with Crippen LogP contribution in [0.3, 0.4) is 0 Å². The van der Waals surface area contributed by atoms with Crippen LogP contribution in [0.25, 0.3) is 0 Å². The zero-order chi connectivity index (χ0) is 21.8. The summed E-state index contributed by atoms with van der Waals surface area (Å²) in [5.74, 6) is 2.04. The van der Waals surface area contributed by atoms with Crippen LogP contribution in [-0.4, -0.2) is 38.8 Å². The van der Waals surface area contributed by atoms with Crippen molar-refractivity contribution in [1.29, 1.82) is 0 Å². The van der Waals surface area contributed by atoms with Crippen LogP contribution < -0.4 is 19.5 Å². The minimum atomic E-state index is -0.240. The molecule has 0 radical (unpaired) electrons. The molecule has 6 heteroatoms. The Kier molecular flexibility index (Phi) is 5.98. The molecule has 160 valence electrons. The number of carbonyl (C=O) groups excluding carboxylic acids is 1. The van der Waals surface area contributed by atoms with Crippen molar-refractivity contribution in [2.45, 2.75) is 12.5 Å². The number of hydrogen-bond acceptors (Lipinski definition) is 4. The molecular weight excluding hydrogens is 392 g/mol. The van der Waals surface area contributed by atoms with Crippen molar-refractivity contribution in [1.82, 2.24) is 4.90 Å². The summed E-state index contributed by atoms with van der Waals surface area (Å²) in [6.07, 6.45) is 0.727. The van der Waals surface area contributed by atoms with Gasteiger partial charge in [-0.2, -0.15) is 0 Å². The first-order valence-electron chi connectivity index (χ1n) is 10.2. The molecule has 0 fully saturated rings. The molecule has 3 aromatic carbocycles. The van der Waals surface area contributed by atoms with Crippen LogP contribution in [0.4, 0.5) is 10.5 Å². The number of rotatable bonds is 5. The average molecular weight is 418 g/mol. The van der Waals surface area contributed by atoms with Crippen LogP contribution in [0.2, 0.25) is 0 Å². The number of nitrogens with one attached hydrogen (secondary N) is 1. The number of ether oxygens (including phenoxy) is 3. The number of urea groups is 1. The molecule has 1 atom stereocenters. The normalized spacial score (nSPS) is 15.1. The van der Waals surface area contributed by atoms with E-state index >= 15 is 0 Å². The fraction of sp³-hybridized carbons (Fsp3) is 0.240. The van der Waals surface area contributed by atoms with Gasteiger partial charge in [-0.25, -0.2) is 4.79 Å². The maximum absolute atomic E-state index is 13.4. The molecule has 0 spiro atoms. The highest BCUT2D eigenvalue weighted by atomic mass is 16.5. The van der Waals surface area contributed by atoms with Gasteiger partial charge < -0.3 is 24.4 Å². The van der Waals surface area contributed by atoms with Gasteiger partial charge in [0.25, 0.3) is 0 Å². The minimum Gasteiger partial charge on any atom is -0.497 e. The van der Waals surface area contributed by atoms with E-state index in [-0.39, 0.29) is 12.1 Å². The number of methoxy groups -OCH3 is 3. The van der Waals surface area contributed by atoms with Crippen molar-refractivity contribution in [2.75, 3.05) is 33.2 Å². The van der Waals surface area contributed by atoms with Crippen LogP contribution in [-0.2, 0) is 6.42 Å². The lowest BCUT2D eigenvalue weighted by Crippen LogP contribution is -2.43. The molecule has 0 saturated carbocycles. The van der Waals surface area contributed by atoms with Crippen LogP contribution >= 0.6 is 0 Å². The SMILES string of the molecule is COc1cccc(NC(=O)N2CCc3cc(OC)c(OC)cc3[C@H]2c2ccccc2)c1. The summed E-state index contributed by atoms with van der Waals surface area (Å²) in [5.41, 5.74) is 3.92. The summed E-state index contributed by atoms with van der Waals surface area (Å²) in [6, 6.07) is 21.0. The topological polar surface area (TPSA) is 60.0 Å². The Morgan fingerprint density at radius 2 is 1.65 bits per heavy atom. The third-order valence-corrected chi connectivity index (χ3v) is 5.57. The Morgan fingerprint density at radius 1 is 0.903 bits per heavy atom. The molecule has 2 amide bonds. The van der Waals surface area contributed by atoms with Crippen molar-refractivity contribution in [2.24, 2.45) is 0 Å². The number of nitrogens with zero attached hydrogens (tertiary/aromatic N) is 1. The van der Waals surface area contributed by atoms with E-state index in [2.05, 4.69) is 5.32 Å².